The van der Waals surface area contributed by atoms with E-state index in [-0.39, 0.29) is 4.91 Å². The van der Waals surface area contributed by atoms with E-state index in [1.165, 1.54) is 6.08 Å². The van der Waals surface area contributed by atoms with Gasteiger partial charge in [-0.25, -0.2) is 4.21 Å². The maximum atomic E-state index is 12.0. The Bertz CT molecular complexity index is 232. The molecule has 0 radical (unpaired) electrons. The molecule has 1 atom stereocenters. The Hall–Kier alpha value is -0.320. The van der Waals surface area contributed by atoms with Gasteiger partial charge in [0, 0.05) is 4.91 Å². The largest absolute Gasteiger partial charge is 0.475 e. The van der Waals surface area contributed by atoms with Crippen molar-refractivity contribution in [3.05, 3.63) is 11.0 Å². The maximum Gasteiger partial charge on any atom is 0.475 e. The Kier molecular flexibility index (Phi) is 3.53. The lowest BCUT2D eigenvalue weighted by Crippen LogP contribution is -2.17. The number of rotatable bonds is 1. The fraction of sp³-hybridized carbons (Fsp3) is 0.750. The van der Waals surface area contributed by atoms with Crippen LogP contribution in [0.4, 0.5) is 13.2 Å². The van der Waals surface area contributed by atoms with Crippen molar-refractivity contribution in [3.63, 3.8) is 0 Å². The molecule has 1 rings (SSSR count). The van der Waals surface area contributed by atoms with Crippen molar-refractivity contribution in [2.24, 2.45) is 0 Å². The highest BCUT2D eigenvalue weighted by atomic mass is 32.2. The van der Waals surface area contributed by atoms with Crippen LogP contribution in [0.3, 0.4) is 0 Å². The second-order valence-corrected chi connectivity index (χ2v) is 4.51. The lowest BCUT2D eigenvalue weighted by molar-refractivity contribution is -0.0377. The topological polar surface area (TPSA) is 17.1 Å². The van der Waals surface area contributed by atoms with Crippen molar-refractivity contribution in [3.8, 4) is 0 Å². The van der Waals surface area contributed by atoms with E-state index in [1.54, 1.807) is 0 Å². The van der Waals surface area contributed by atoms with Gasteiger partial charge in [0.2, 0.25) is 0 Å². The molecule has 0 aromatic carbocycles. The predicted octanol–water partition coefficient (Wildman–Crippen LogP) is 3.10. The zero-order valence-corrected chi connectivity index (χ0v) is 7.88. The van der Waals surface area contributed by atoms with Crippen LogP contribution in [0.2, 0.25) is 0 Å². The molecule has 0 aromatic heterocycles. The van der Waals surface area contributed by atoms with E-state index in [0.717, 1.165) is 12.8 Å². The van der Waals surface area contributed by atoms with Gasteiger partial charge >= 0.3 is 5.51 Å². The highest BCUT2D eigenvalue weighted by Gasteiger charge is 2.38. The fourth-order valence-electron chi connectivity index (χ4n) is 1.30. The minimum absolute atomic E-state index is 0.0602. The van der Waals surface area contributed by atoms with Crippen molar-refractivity contribution in [1.29, 1.82) is 0 Å². The Morgan fingerprint density at radius 3 is 2.54 bits per heavy atom. The summed E-state index contributed by atoms with van der Waals surface area (Å²) in [6.07, 6.45) is 4.97. The minimum Gasteiger partial charge on any atom is -0.246 e. The summed E-state index contributed by atoms with van der Waals surface area (Å²) in [5, 5.41) is 0. The van der Waals surface area contributed by atoms with Gasteiger partial charge in [0.05, 0.1) is 0 Å². The molecule has 0 heterocycles. The van der Waals surface area contributed by atoms with Crippen LogP contribution in [0.25, 0.3) is 0 Å². The molecule has 0 bridgehead atoms. The molecule has 1 nitrogen and oxygen atoms in total. The molecular weight excluding hydrogens is 201 g/mol. The van der Waals surface area contributed by atoms with Gasteiger partial charge in [-0.05, 0) is 25.7 Å². The molecule has 1 aliphatic rings. The van der Waals surface area contributed by atoms with Gasteiger partial charge in [0.15, 0.2) is 10.8 Å². The van der Waals surface area contributed by atoms with Crippen LogP contribution in [-0.2, 0) is 10.8 Å². The first-order valence-electron chi connectivity index (χ1n) is 4.19. The summed E-state index contributed by atoms with van der Waals surface area (Å²) in [6, 6.07) is 0. The van der Waals surface area contributed by atoms with E-state index in [9.17, 15) is 17.4 Å². The summed E-state index contributed by atoms with van der Waals surface area (Å²) >= 11 is 0. The number of halogens is 3. The lowest BCUT2D eigenvalue weighted by atomic mass is 10.2. The Labute approximate surface area is 77.5 Å². The molecule has 1 aliphatic carbocycles. The molecule has 0 amide bonds. The summed E-state index contributed by atoms with van der Waals surface area (Å²) in [6.45, 7) is 0. The van der Waals surface area contributed by atoms with Gasteiger partial charge in [0.1, 0.15) is 0 Å². The van der Waals surface area contributed by atoms with Crippen LogP contribution in [0, 0.1) is 0 Å². The van der Waals surface area contributed by atoms with E-state index in [0.29, 0.717) is 19.3 Å². The first-order valence-corrected chi connectivity index (χ1v) is 5.34. The van der Waals surface area contributed by atoms with Crippen molar-refractivity contribution in [2.75, 3.05) is 0 Å². The third-order valence-corrected chi connectivity index (χ3v) is 3.22. The Morgan fingerprint density at radius 2 is 1.92 bits per heavy atom. The van der Waals surface area contributed by atoms with Crippen LogP contribution in [0.15, 0.2) is 11.0 Å². The first kappa shape index (κ1) is 10.8. The molecule has 5 heteroatoms. The van der Waals surface area contributed by atoms with E-state index in [1.807, 2.05) is 0 Å². The number of alkyl halides is 3. The molecule has 0 saturated heterocycles. The monoisotopic (exact) mass is 212 g/mol. The van der Waals surface area contributed by atoms with Gasteiger partial charge in [-0.2, -0.15) is 13.2 Å². The van der Waals surface area contributed by atoms with Gasteiger partial charge < -0.3 is 0 Å². The van der Waals surface area contributed by atoms with E-state index >= 15 is 0 Å². The molecule has 0 saturated carbocycles. The predicted molar refractivity (Wildman–Crippen MR) is 45.4 cm³/mol. The summed E-state index contributed by atoms with van der Waals surface area (Å²) in [5.74, 6) is 0. The number of hydrogen-bond donors (Lipinski definition) is 0. The van der Waals surface area contributed by atoms with Crippen LogP contribution in [-0.4, -0.2) is 9.72 Å². The summed E-state index contributed by atoms with van der Waals surface area (Å²) in [5.41, 5.74) is -4.59. The normalized spacial score (nSPS) is 21.9. The van der Waals surface area contributed by atoms with E-state index < -0.39 is 16.3 Å². The smallest absolute Gasteiger partial charge is 0.246 e. The number of allylic oxidation sites excluding steroid dienone is 2. The van der Waals surface area contributed by atoms with Gasteiger partial charge in [0.25, 0.3) is 0 Å². The van der Waals surface area contributed by atoms with Crippen LogP contribution >= 0.6 is 0 Å². The van der Waals surface area contributed by atoms with Crippen molar-refractivity contribution >= 4 is 10.8 Å². The third kappa shape index (κ3) is 3.14. The zero-order valence-electron chi connectivity index (χ0n) is 7.06. The molecule has 0 aliphatic heterocycles. The summed E-state index contributed by atoms with van der Waals surface area (Å²) in [4.78, 5) is 0.0602. The molecule has 1 unspecified atom stereocenters. The second-order valence-electron chi connectivity index (χ2n) is 2.98. The van der Waals surface area contributed by atoms with Gasteiger partial charge in [-0.3, -0.25) is 0 Å². The highest BCUT2D eigenvalue weighted by Crippen LogP contribution is 2.30. The molecule has 76 valence electrons. The molecule has 13 heavy (non-hydrogen) atoms. The SMILES string of the molecule is O=S(C1=CCCCCC1)C(F)(F)F. The van der Waals surface area contributed by atoms with E-state index in [4.69, 9.17) is 0 Å². The van der Waals surface area contributed by atoms with Crippen LogP contribution < -0.4 is 0 Å². The van der Waals surface area contributed by atoms with Crippen molar-refractivity contribution in [2.45, 2.75) is 37.6 Å². The third-order valence-electron chi connectivity index (χ3n) is 1.95. The van der Waals surface area contributed by atoms with Gasteiger partial charge in [-0.15, -0.1) is 0 Å². The molecule has 0 fully saturated rings. The van der Waals surface area contributed by atoms with Crippen LogP contribution in [0.5, 0.6) is 0 Å². The Morgan fingerprint density at radius 1 is 1.23 bits per heavy atom. The second kappa shape index (κ2) is 4.26. The molecule has 0 N–H and O–H groups in total. The fourth-order valence-corrected chi connectivity index (χ4v) is 2.20. The number of hydrogen-bond acceptors (Lipinski definition) is 1. The summed E-state index contributed by atoms with van der Waals surface area (Å²) < 4.78 is 47.0. The minimum atomic E-state index is -4.59. The average Bonchev–Trinajstić information content (AvgIpc) is 2.28. The highest BCUT2D eigenvalue weighted by molar-refractivity contribution is 7.89. The first-order chi connectivity index (χ1) is 6.02. The zero-order chi connectivity index (χ0) is 9.90. The molecule has 0 spiro atoms. The lowest BCUT2D eigenvalue weighted by Gasteiger charge is -2.08. The van der Waals surface area contributed by atoms with E-state index in [2.05, 4.69) is 0 Å². The summed E-state index contributed by atoms with van der Waals surface area (Å²) in [7, 11) is -2.77. The molecule has 0 aromatic rings. The standard InChI is InChI=1S/C8H11F3OS/c9-8(10,11)13(12)7-5-3-1-2-4-6-7/h5H,1-4,6H2. The molecular formula is C8H11F3OS. The Balaban J connectivity index is 2.69. The van der Waals surface area contributed by atoms with Crippen LogP contribution in [0.1, 0.15) is 32.1 Å². The quantitative estimate of drug-likeness (QED) is 0.652. The van der Waals surface area contributed by atoms with Gasteiger partial charge in [-0.1, -0.05) is 12.5 Å². The average molecular weight is 212 g/mol. The van der Waals surface area contributed by atoms with Crippen molar-refractivity contribution < 1.29 is 17.4 Å². The van der Waals surface area contributed by atoms with Crippen molar-refractivity contribution in [1.82, 2.24) is 0 Å². The maximum absolute atomic E-state index is 12.0.